The number of aryl methyl sites for hydroxylation is 1. The van der Waals surface area contributed by atoms with Gasteiger partial charge in [0.2, 0.25) is 11.0 Å². The monoisotopic (exact) mass is 252 g/mol. The van der Waals surface area contributed by atoms with Crippen molar-refractivity contribution in [1.82, 2.24) is 14.3 Å². The average molecular weight is 252 g/mol. The van der Waals surface area contributed by atoms with E-state index in [2.05, 4.69) is 33.5 Å². The SMILES string of the molecule is CCc1cnc(CNc2nc(C(C)C)ns2)o1. The van der Waals surface area contributed by atoms with Crippen LogP contribution in [0.5, 0.6) is 0 Å². The maximum absolute atomic E-state index is 5.49. The van der Waals surface area contributed by atoms with Crippen molar-refractivity contribution in [2.24, 2.45) is 0 Å². The van der Waals surface area contributed by atoms with Gasteiger partial charge in [0.1, 0.15) is 11.6 Å². The summed E-state index contributed by atoms with van der Waals surface area (Å²) in [6.07, 6.45) is 2.62. The van der Waals surface area contributed by atoms with Crippen molar-refractivity contribution in [3.63, 3.8) is 0 Å². The highest BCUT2D eigenvalue weighted by Crippen LogP contribution is 2.18. The molecule has 17 heavy (non-hydrogen) atoms. The highest BCUT2D eigenvalue weighted by molar-refractivity contribution is 7.09. The Kier molecular flexibility index (Phi) is 3.73. The van der Waals surface area contributed by atoms with Crippen molar-refractivity contribution in [3.05, 3.63) is 23.7 Å². The Labute approximate surface area is 104 Å². The van der Waals surface area contributed by atoms with E-state index in [1.807, 2.05) is 6.92 Å². The zero-order valence-electron chi connectivity index (χ0n) is 10.2. The Bertz CT molecular complexity index is 477. The molecule has 0 atom stereocenters. The summed E-state index contributed by atoms with van der Waals surface area (Å²) in [6, 6.07) is 0. The standard InChI is InChI=1S/C11H16N4OS/c1-4-8-5-12-9(16-8)6-13-11-14-10(7(2)3)15-17-11/h5,7H,4,6H2,1-3H3,(H,13,14,15). The van der Waals surface area contributed by atoms with E-state index in [1.165, 1.54) is 11.5 Å². The summed E-state index contributed by atoms with van der Waals surface area (Å²) < 4.78 is 9.76. The number of aromatic nitrogens is 3. The van der Waals surface area contributed by atoms with E-state index < -0.39 is 0 Å². The van der Waals surface area contributed by atoms with E-state index in [-0.39, 0.29) is 0 Å². The van der Waals surface area contributed by atoms with E-state index >= 15 is 0 Å². The molecule has 0 aliphatic carbocycles. The molecule has 0 saturated carbocycles. The summed E-state index contributed by atoms with van der Waals surface area (Å²) in [5.74, 6) is 2.82. The first kappa shape index (κ1) is 12.0. The first-order valence-corrected chi connectivity index (χ1v) is 6.47. The molecule has 0 bridgehead atoms. The van der Waals surface area contributed by atoms with Gasteiger partial charge in [0.15, 0.2) is 0 Å². The first-order valence-electron chi connectivity index (χ1n) is 5.70. The van der Waals surface area contributed by atoms with E-state index in [9.17, 15) is 0 Å². The average Bonchev–Trinajstić information content (AvgIpc) is 2.95. The van der Waals surface area contributed by atoms with Gasteiger partial charge in [-0.1, -0.05) is 20.8 Å². The first-order chi connectivity index (χ1) is 8.19. The van der Waals surface area contributed by atoms with Crippen LogP contribution in [-0.2, 0) is 13.0 Å². The van der Waals surface area contributed by atoms with Gasteiger partial charge >= 0.3 is 0 Å². The number of anilines is 1. The molecule has 0 unspecified atom stereocenters. The van der Waals surface area contributed by atoms with Crippen molar-refractivity contribution in [2.45, 2.75) is 39.7 Å². The molecule has 0 spiro atoms. The van der Waals surface area contributed by atoms with Crippen molar-refractivity contribution in [3.8, 4) is 0 Å². The van der Waals surface area contributed by atoms with Crippen LogP contribution in [0.2, 0.25) is 0 Å². The topological polar surface area (TPSA) is 63.8 Å². The van der Waals surface area contributed by atoms with Crippen LogP contribution >= 0.6 is 11.5 Å². The summed E-state index contributed by atoms with van der Waals surface area (Å²) in [6.45, 7) is 6.74. The van der Waals surface area contributed by atoms with Crippen molar-refractivity contribution < 1.29 is 4.42 Å². The number of nitrogens with one attached hydrogen (secondary N) is 1. The molecule has 2 aromatic heterocycles. The molecule has 1 N–H and O–H groups in total. The second kappa shape index (κ2) is 5.27. The van der Waals surface area contributed by atoms with Gasteiger partial charge < -0.3 is 9.73 Å². The van der Waals surface area contributed by atoms with Crippen molar-refractivity contribution in [1.29, 1.82) is 0 Å². The maximum Gasteiger partial charge on any atom is 0.213 e. The quantitative estimate of drug-likeness (QED) is 0.886. The fourth-order valence-corrected chi connectivity index (χ4v) is 1.99. The zero-order valence-corrected chi connectivity index (χ0v) is 11.0. The minimum atomic E-state index is 0.357. The van der Waals surface area contributed by atoms with E-state index in [4.69, 9.17) is 4.42 Å². The Balaban J connectivity index is 1.92. The molecule has 0 fully saturated rings. The van der Waals surface area contributed by atoms with Crippen LogP contribution in [0, 0.1) is 0 Å². The third-order valence-electron chi connectivity index (χ3n) is 2.30. The van der Waals surface area contributed by atoms with Gasteiger partial charge in [-0.2, -0.15) is 4.37 Å². The van der Waals surface area contributed by atoms with Crippen LogP contribution < -0.4 is 5.32 Å². The Morgan fingerprint density at radius 3 is 2.88 bits per heavy atom. The van der Waals surface area contributed by atoms with Crippen LogP contribution in [0.25, 0.3) is 0 Å². The van der Waals surface area contributed by atoms with Crippen LogP contribution in [0.3, 0.4) is 0 Å². The van der Waals surface area contributed by atoms with Crippen molar-refractivity contribution >= 4 is 16.7 Å². The van der Waals surface area contributed by atoms with Gasteiger partial charge in [-0.15, -0.1) is 0 Å². The lowest BCUT2D eigenvalue weighted by Gasteiger charge is -1.97. The fourth-order valence-electron chi connectivity index (χ4n) is 1.29. The fraction of sp³-hybridized carbons (Fsp3) is 0.545. The maximum atomic E-state index is 5.49. The van der Waals surface area contributed by atoms with Crippen LogP contribution in [-0.4, -0.2) is 14.3 Å². The van der Waals surface area contributed by atoms with Gasteiger partial charge in [-0.3, -0.25) is 0 Å². The van der Waals surface area contributed by atoms with Gasteiger partial charge in [0, 0.05) is 23.9 Å². The molecule has 0 saturated heterocycles. The number of rotatable bonds is 5. The molecule has 2 aromatic rings. The largest absolute Gasteiger partial charge is 0.444 e. The summed E-state index contributed by atoms with van der Waals surface area (Å²) in [4.78, 5) is 8.55. The second-order valence-electron chi connectivity index (χ2n) is 4.04. The van der Waals surface area contributed by atoms with E-state index in [1.54, 1.807) is 6.20 Å². The third-order valence-corrected chi connectivity index (χ3v) is 2.99. The molecule has 92 valence electrons. The Morgan fingerprint density at radius 2 is 2.29 bits per heavy atom. The lowest BCUT2D eigenvalue weighted by Crippen LogP contribution is -1.99. The summed E-state index contributed by atoms with van der Waals surface area (Å²) >= 11 is 1.37. The highest BCUT2D eigenvalue weighted by atomic mass is 32.1. The summed E-state index contributed by atoms with van der Waals surface area (Å²) in [5.41, 5.74) is 0. The normalized spacial score (nSPS) is 11.1. The Morgan fingerprint density at radius 1 is 1.47 bits per heavy atom. The molecule has 0 aliphatic heterocycles. The number of hydrogen-bond donors (Lipinski definition) is 1. The van der Waals surface area contributed by atoms with E-state index in [0.29, 0.717) is 18.4 Å². The minimum Gasteiger partial charge on any atom is -0.444 e. The predicted octanol–water partition coefficient (Wildman–Crippen LogP) is 2.82. The Hall–Kier alpha value is -1.43. The number of nitrogens with zero attached hydrogens (tertiary/aromatic N) is 3. The molecule has 6 heteroatoms. The lowest BCUT2D eigenvalue weighted by atomic mass is 10.2. The van der Waals surface area contributed by atoms with Crippen LogP contribution in [0.4, 0.5) is 5.13 Å². The molecule has 0 aliphatic rings. The minimum absolute atomic E-state index is 0.357. The van der Waals surface area contributed by atoms with Gasteiger partial charge in [0.25, 0.3) is 0 Å². The third kappa shape index (κ3) is 3.03. The summed E-state index contributed by atoms with van der Waals surface area (Å²) in [5, 5.41) is 3.97. The molecule has 5 nitrogen and oxygen atoms in total. The molecule has 2 rings (SSSR count). The number of hydrogen-bond acceptors (Lipinski definition) is 6. The van der Waals surface area contributed by atoms with Crippen molar-refractivity contribution in [2.75, 3.05) is 5.32 Å². The molecular formula is C11H16N4OS. The van der Waals surface area contributed by atoms with Gasteiger partial charge in [0.05, 0.1) is 12.7 Å². The molecule has 0 amide bonds. The molecular weight excluding hydrogens is 236 g/mol. The van der Waals surface area contributed by atoms with Gasteiger partial charge in [-0.05, 0) is 0 Å². The molecule has 2 heterocycles. The predicted molar refractivity (Wildman–Crippen MR) is 67.2 cm³/mol. The van der Waals surface area contributed by atoms with Crippen LogP contribution in [0.1, 0.15) is 44.2 Å². The smallest absolute Gasteiger partial charge is 0.213 e. The zero-order chi connectivity index (χ0) is 12.3. The molecule has 0 radical (unpaired) electrons. The summed E-state index contributed by atoms with van der Waals surface area (Å²) in [7, 11) is 0. The highest BCUT2D eigenvalue weighted by Gasteiger charge is 2.08. The van der Waals surface area contributed by atoms with Gasteiger partial charge in [-0.25, -0.2) is 9.97 Å². The van der Waals surface area contributed by atoms with E-state index in [0.717, 1.165) is 23.1 Å². The second-order valence-corrected chi connectivity index (χ2v) is 4.79. The molecule has 0 aromatic carbocycles. The lowest BCUT2D eigenvalue weighted by molar-refractivity contribution is 0.466. The van der Waals surface area contributed by atoms with Crippen LogP contribution in [0.15, 0.2) is 10.6 Å². The number of oxazole rings is 1.